The summed E-state index contributed by atoms with van der Waals surface area (Å²) in [6.45, 7) is 1.18. The highest BCUT2D eigenvalue weighted by Gasteiger charge is 2.26. The fraction of sp³-hybridized carbons (Fsp3) is 0.0588. The largest absolute Gasteiger partial charge is 0.399 e. The lowest BCUT2D eigenvalue weighted by atomic mass is 10.2. The number of rotatable bonds is 2. The Morgan fingerprint density at radius 2 is 1.62 bits per heavy atom. The summed E-state index contributed by atoms with van der Waals surface area (Å²) in [5.41, 5.74) is 7.05. The van der Waals surface area contributed by atoms with E-state index < -0.39 is 17.7 Å². The van der Waals surface area contributed by atoms with Crippen molar-refractivity contribution in [1.82, 2.24) is 0 Å². The Morgan fingerprint density at radius 1 is 1.04 bits per heavy atom. The van der Waals surface area contributed by atoms with Crippen molar-refractivity contribution in [3.05, 3.63) is 54.1 Å². The predicted octanol–water partition coefficient (Wildman–Crippen LogP) is 1.66. The number of hydrogen-bond acceptors (Lipinski definition) is 5. The average Bonchev–Trinajstić information content (AvgIpc) is 2.57. The van der Waals surface area contributed by atoms with Crippen molar-refractivity contribution >= 4 is 34.8 Å². The monoisotopic (exact) mass is 322 g/mol. The smallest absolute Gasteiger partial charge is 0.323 e. The zero-order chi connectivity index (χ0) is 17.7. The molecule has 0 aromatic heterocycles. The van der Waals surface area contributed by atoms with E-state index in [1.807, 2.05) is 6.07 Å². The number of anilines is 3. The van der Waals surface area contributed by atoms with Gasteiger partial charge in [0.05, 0.1) is 17.3 Å². The van der Waals surface area contributed by atoms with Gasteiger partial charge in [0, 0.05) is 18.3 Å². The number of imide groups is 1. The van der Waals surface area contributed by atoms with Gasteiger partial charge in [-0.25, -0.2) is 4.90 Å². The molecular formula is C17H14N4O3. The Hall–Kier alpha value is -3.66. The second-order valence-corrected chi connectivity index (χ2v) is 4.89. The van der Waals surface area contributed by atoms with Crippen molar-refractivity contribution in [3.63, 3.8) is 0 Å². The zero-order valence-corrected chi connectivity index (χ0v) is 12.8. The minimum atomic E-state index is -1.02. The molecule has 120 valence electrons. The van der Waals surface area contributed by atoms with Crippen molar-refractivity contribution in [2.75, 3.05) is 16.0 Å². The predicted molar refractivity (Wildman–Crippen MR) is 88.8 cm³/mol. The molecule has 2 rings (SSSR count). The van der Waals surface area contributed by atoms with E-state index in [0.29, 0.717) is 16.9 Å². The van der Waals surface area contributed by atoms with Crippen LogP contribution in [-0.2, 0) is 14.4 Å². The van der Waals surface area contributed by atoms with E-state index in [9.17, 15) is 14.4 Å². The Morgan fingerprint density at radius 3 is 2.12 bits per heavy atom. The number of carbonyl (C=O) groups is 3. The highest BCUT2D eigenvalue weighted by atomic mass is 16.2. The highest BCUT2D eigenvalue weighted by molar-refractivity contribution is 6.48. The molecular weight excluding hydrogens is 308 g/mol. The fourth-order valence-electron chi connectivity index (χ4n) is 1.98. The summed E-state index contributed by atoms with van der Waals surface area (Å²) in [5.74, 6) is -2.58. The van der Waals surface area contributed by atoms with Crippen LogP contribution in [0.3, 0.4) is 0 Å². The van der Waals surface area contributed by atoms with E-state index in [1.54, 1.807) is 0 Å². The van der Waals surface area contributed by atoms with Crippen LogP contribution in [0, 0.1) is 11.3 Å². The molecule has 0 radical (unpaired) electrons. The minimum Gasteiger partial charge on any atom is -0.399 e. The molecule has 0 unspecified atom stereocenters. The van der Waals surface area contributed by atoms with Crippen LogP contribution in [0.5, 0.6) is 0 Å². The Bertz CT molecular complexity index is 820. The normalized spacial score (nSPS) is 9.67. The molecule has 0 heterocycles. The maximum absolute atomic E-state index is 12.3. The summed E-state index contributed by atoms with van der Waals surface area (Å²) in [4.78, 5) is 36.9. The zero-order valence-electron chi connectivity index (χ0n) is 12.8. The third-order valence-electron chi connectivity index (χ3n) is 3.14. The van der Waals surface area contributed by atoms with Crippen LogP contribution in [0.1, 0.15) is 12.5 Å². The summed E-state index contributed by atoms with van der Waals surface area (Å²) in [6.07, 6.45) is 0. The molecule has 24 heavy (non-hydrogen) atoms. The molecule has 7 heteroatoms. The molecule has 0 spiro atoms. The lowest BCUT2D eigenvalue weighted by Gasteiger charge is -2.18. The Balaban J connectivity index is 2.19. The van der Waals surface area contributed by atoms with Gasteiger partial charge in [-0.15, -0.1) is 0 Å². The Kier molecular flexibility index (Phi) is 4.92. The quantitative estimate of drug-likeness (QED) is 0.644. The van der Waals surface area contributed by atoms with Crippen molar-refractivity contribution < 1.29 is 14.4 Å². The van der Waals surface area contributed by atoms with Crippen LogP contribution in [0.15, 0.2) is 48.5 Å². The summed E-state index contributed by atoms with van der Waals surface area (Å²) < 4.78 is 0. The number of nitrogen functional groups attached to an aromatic ring is 1. The fourth-order valence-corrected chi connectivity index (χ4v) is 1.98. The maximum Gasteiger partial charge on any atom is 0.323 e. The van der Waals surface area contributed by atoms with Crippen LogP contribution in [0.2, 0.25) is 0 Å². The molecule has 0 saturated heterocycles. The molecule has 7 nitrogen and oxygen atoms in total. The van der Waals surface area contributed by atoms with Gasteiger partial charge < -0.3 is 11.1 Å². The summed E-state index contributed by atoms with van der Waals surface area (Å²) in [6, 6.07) is 13.9. The maximum atomic E-state index is 12.3. The van der Waals surface area contributed by atoms with Crippen LogP contribution in [0.4, 0.5) is 17.1 Å². The van der Waals surface area contributed by atoms with Gasteiger partial charge in [0.25, 0.3) is 0 Å². The molecule has 3 N–H and O–H groups in total. The molecule has 0 aliphatic rings. The van der Waals surface area contributed by atoms with Crippen LogP contribution >= 0.6 is 0 Å². The number of benzene rings is 2. The van der Waals surface area contributed by atoms with Crippen molar-refractivity contribution in [1.29, 1.82) is 5.26 Å². The van der Waals surface area contributed by atoms with Gasteiger partial charge >= 0.3 is 11.8 Å². The van der Waals surface area contributed by atoms with E-state index >= 15 is 0 Å². The van der Waals surface area contributed by atoms with E-state index in [0.717, 1.165) is 4.90 Å². The van der Waals surface area contributed by atoms with Crippen LogP contribution < -0.4 is 16.0 Å². The van der Waals surface area contributed by atoms with Crippen LogP contribution in [0.25, 0.3) is 0 Å². The highest BCUT2D eigenvalue weighted by Crippen LogP contribution is 2.17. The second kappa shape index (κ2) is 7.07. The topological polar surface area (TPSA) is 116 Å². The summed E-state index contributed by atoms with van der Waals surface area (Å²) in [7, 11) is 0. The number of nitrogens with two attached hydrogens (primary N) is 1. The standard InChI is InChI=1S/C17H14N4O3/c1-11(22)21(15-8-4-13(19)5-9-15)17(24)16(23)20-14-6-2-12(10-18)3-7-14/h2-9H,19H2,1H3,(H,20,23). The first kappa shape index (κ1) is 16.7. The number of carbonyl (C=O) groups excluding carboxylic acids is 3. The van der Waals surface area contributed by atoms with Gasteiger partial charge in [-0.05, 0) is 48.5 Å². The van der Waals surface area contributed by atoms with Crippen molar-refractivity contribution in [3.8, 4) is 6.07 Å². The number of nitriles is 1. The van der Waals surface area contributed by atoms with E-state index in [2.05, 4.69) is 5.32 Å². The number of nitrogens with one attached hydrogen (secondary N) is 1. The first-order chi connectivity index (χ1) is 11.4. The molecule has 0 fully saturated rings. The first-order valence-electron chi connectivity index (χ1n) is 6.94. The van der Waals surface area contributed by atoms with Crippen LogP contribution in [-0.4, -0.2) is 17.7 Å². The third-order valence-corrected chi connectivity index (χ3v) is 3.14. The summed E-state index contributed by atoms with van der Waals surface area (Å²) in [5, 5.41) is 11.1. The second-order valence-electron chi connectivity index (χ2n) is 4.89. The van der Waals surface area contributed by atoms with Gasteiger partial charge in [-0.1, -0.05) is 0 Å². The molecule has 3 amide bonds. The van der Waals surface area contributed by atoms with Gasteiger partial charge in [-0.3, -0.25) is 14.4 Å². The first-order valence-corrected chi connectivity index (χ1v) is 6.94. The molecule has 2 aromatic carbocycles. The molecule has 0 saturated carbocycles. The molecule has 0 aliphatic heterocycles. The Labute approximate surface area is 138 Å². The van der Waals surface area contributed by atoms with E-state index in [-0.39, 0.29) is 5.69 Å². The van der Waals surface area contributed by atoms with Gasteiger partial charge in [0.2, 0.25) is 5.91 Å². The minimum absolute atomic E-state index is 0.247. The van der Waals surface area contributed by atoms with E-state index in [4.69, 9.17) is 11.0 Å². The average molecular weight is 322 g/mol. The lowest BCUT2D eigenvalue weighted by Crippen LogP contribution is -2.42. The molecule has 0 bridgehead atoms. The number of amides is 3. The van der Waals surface area contributed by atoms with Crippen molar-refractivity contribution in [2.24, 2.45) is 0 Å². The third kappa shape index (κ3) is 3.75. The molecule has 0 atom stereocenters. The number of hydrogen-bond donors (Lipinski definition) is 2. The molecule has 0 aliphatic carbocycles. The van der Waals surface area contributed by atoms with Crippen molar-refractivity contribution in [2.45, 2.75) is 6.92 Å². The SMILES string of the molecule is CC(=O)N(C(=O)C(=O)Nc1ccc(C#N)cc1)c1ccc(N)cc1. The number of nitrogens with zero attached hydrogens (tertiary/aromatic N) is 2. The van der Waals surface area contributed by atoms with E-state index in [1.165, 1.54) is 55.5 Å². The van der Waals surface area contributed by atoms with Gasteiger partial charge in [-0.2, -0.15) is 5.26 Å². The van der Waals surface area contributed by atoms with Gasteiger partial charge in [0.1, 0.15) is 0 Å². The lowest BCUT2D eigenvalue weighted by molar-refractivity contribution is -0.136. The molecule has 2 aromatic rings. The summed E-state index contributed by atoms with van der Waals surface area (Å²) >= 11 is 0. The van der Waals surface area contributed by atoms with Gasteiger partial charge in [0.15, 0.2) is 0 Å².